The van der Waals surface area contributed by atoms with Crippen molar-refractivity contribution in [3.63, 3.8) is 0 Å². The Morgan fingerprint density at radius 1 is 0.964 bits per heavy atom. The molecule has 4 heteroatoms. The van der Waals surface area contributed by atoms with Crippen LogP contribution in [-0.2, 0) is 4.79 Å². The van der Waals surface area contributed by atoms with E-state index in [1.165, 1.54) is 25.7 Å². The Kier molecular flexibility index (Phi) is 5.62. The first-order valence-corrected chi connectivity index (χ1v) is 10.3. The molecule has 0 bridgehead atoms. The molecule has 4 rings (SSSR count). The minimum absolute atomic E-state index is 0.111. The van der Waals surface area contributed by atoms with Crippen LogP contribution < -0.4 is 4.74 Å². The van der Waals surface area contributed by atoms with Crippen molar-refractivity contribution in [2.45, 2.75) is 44.6 Å². The largest absolute Gasteiger partial charge is 0.484 e. The van der Waals surface area contributed by atoms with Gasteiger partial charge in [0.15, 0.2) is 6.61 Å². The molecule has 144 valence electrons. The number of carbonyl (C=O) groups excluding carboxylic acids is 1. The molecule has 0 N–H and O–H groups in total. The van der Waals surface area contributed by atoms with E-state index < -0.39 is 0 Å². The summed E-state index contributed by atoms with van der Waals surface area (Å²) in [5, 5.41) is 8.90. The second-order valence-corrected chi connectivity index (χ2v) is 7.84. The van der Waals surface area contributed by atoms with E-state index in [-0.39, 0.29) is 12.5 Å². The van der Waals surface area contributed by atoms with E-state index in [4.69, 9.17) is 10.00 Å². The number of hydrogen-bond acceptors (Lipinski definition) is 3. The van der Waals surface area contributed by atoms with Crippen LogP contribution in [0.4, 0.5) is 0 Å². The summed E-state index contributed by atoms with van der Waals surface area (Å²) in [7, 11) is 0. The van der Waals surface area contributed by atoms with Gasteiger partial charge in [-0.1, -0.05) is 37.1 Å². The first kappa shape index (κ1) is 18.6. The molecule has 1 saturated heterocycles. The third-order valence-corrected chi connectivity index (χ3v) is 6.13. The molecule has 0 spiro atoms. The summed E-state index contributed by atoms with van der Waals surface area (Å²) in [6, 6.07) is 17.8. The van der Waals surface area contributed by atoms with Crippen LogP contribution in [0, 0.1) is 17.2 Å². The highest BCUT2D eigenvalue weighted by molar-refractivity contribution is 5.78. The molecule has 1 aliphatic carbocycles. The maximum absolute atomic E-state index is 12.7. The molecule has 1 aliphatic heterocycles. The summed E-state index contributed by atoms with van der Waals surface area (Å²) in [6.45, 7) is 0.987. The Bertz CT molecular complexity index is 850. The Morgan fingerprint density at radius 3 is 2.32 bits per heavy atom. The minimum Gasteiger partial charge on any atom is -0.484 e. The Hall–Kier alpha value is -2.80. The quantitative estimate of drug-likeness (QED) is 0.773. The fourth-order valence-electron chi connectivity index (χ4n) is 4.64. The van der Waals surface area contributed by atoms with E-state index in [1.807, 2.05) is 48.5 Å². The van der Waals surface area contributed by atoms with E-state index in [0.29, 0.717) is 23.3 Å². The standard InChI is InChI=1S/C24H26N2O2/c25-16-18-7-9-19(10-8-18)20-11-13-22(14-12-20)28-17-24(27)26-15-3-5-21-4-1-2-6-23(21)26/h7-14,21,23H,1-6,15,17H2/t21-,23-/m1/s1. The van der Waals surface area contributed by atoms with Crippen LogP contribution in [0.25, 0.3) is 11.1 Å². The Morgan fingerprint density at radius 2 is 1.61 bits per heavy atom. The normalized spacial score (nSPS) is 21.5. The Labute approximate surface area is 166 Å². The van der Waals surface area contributed by atoms with Gasteiger partial charge >= 0.3 is 0 Å². The van der Waals surface area contributed by atoms with Crippen LogP contribution in [0.2, 0.25) is 0 Å². The molecule has 28 heavy (non-hydrogen) atoms. The fourth-order valence-corrected chi connectivity index (χ4v) is 4.64. The molecule has 0 aromatic heterocycles. The van der Waals surface area contributed by atoms with Gasteiger partial charge in [0.25, 0.3) is 5.91 Å². The number of nitrogens with zero attached hydrogens (tertiary/aromatic N) is 2. The zero-order valence-electron chi connectivity index (χ0n) is 16.1. The van der Waals surface area contributed by atoms with Crippen molar-refractivity contribution in [1.29, 1.82) is 5.26 Å². The van der Waals surface area contributed by atoms with Crippen molar-refractivity contribution in [2.24, 2.45) is 5.92 Å². The lowest BCUT2D eigenvalue weighted by molar-refractivity contribution is -0.139. The summed E-state index contributed by atoms with van der Waals surface area (Å²) in [5.41, 5.74) is 2.77. The Balaban J connectivity index is 1.35. The van der Waals surface area contributed by atoms with Gasteiger partial charge in [-0.3, -0.25) is 4.79 Å². The van der Waals surface area contributed by atoms with Crippen molar-refractivity contribution in [1.82, 2.24) is 4.90 Å². The second kappa shape index (κ2) is 8.48. The first-order valence-electron chi connectivity index (χ1n) is 10.3. The first-order chi connectivity index (χ1) is 13.7. The number of likely N-dealkylation sites (tertiary alicyclic amines) is 1. The zero-order chi connectivity index (χ0) is 19.3. The number of benzene rings is 2. The maximum atomic E-state index is 12.7. The number of carbonyl (C=O) groups is 1. The van der Waals surface area contributed by atoms with Crippen molar-refractivity contribution < 1.29 is 9.53 Å². The molecular formula is C24H26N2O2. The third-order valence-electron chi connectivity index (χ3n) is 6.13. The number of piperidine rings is 1. The highest BCUT2D eigenvalue weighted by Gasteiger charge is 2.35. The van der Waals surface area contributed by atoms with Gasteiger partial charge in [0.05, 0.1) is 11.6 Å². The molecule has 1 heterocycles. The highest BCUT2D eigenvalue weighted by Crippen LogP contribution is 2.35. The average Bonchev–Trinajstić information content (AvgIpc) is 2.77. The molecule has 2 aromatic rings. The second-order valence-electron chi connectivity index (χ2n) is 7.84. The van der Waals surface area contributed by atoms with Gasteiger partial charge < -0.3 is 9.64 Å². The number of ether oxygens (including phenoxy) is 1. The monoisotopic (exact) mass is 374 g/mol. The van der Waals surface area contributed by atoms with Crippen molar-refractivity contribution >= 4 is 5.91 Å². The number of fused-ring (bicyclic) bond motifs is 1. The predicted octanol–water partition coefficient (Wildman–Crippen LogP) is 4.79. The van der Waals surface area contributed by atoms with E-state index >= 15 is 0 Å². The third kappa shape index (κ3) is 4.04. The summed E-state index contributed by atoms with van der Waals surface area (Å²) in [6.07, 6.45) is 7.36. The zero-order valence-corrected chi connectivity index (χ0v) is 16.1. The van der Waals surface area contributed by atoms with E-state index in [0.717, 1.165) is 30.5 Å². The topological polar surface area (TPSA) is 53.3 Å². The van der Waals surface area contributed by atoms with Gasteiger partial charge in [-0.05, 0) is 67.0 Å². The van der Waals surface area contributed by atoms with Crippen LogP contribution in [0.15, 0.2) is 48.5 Å². The summed E-state index contributed by atoms with van der Waals surface area (Å²) >= 11 is 0. The van der Waals surface area contributed by atoms with Gasteiger partial charge in [0.2, 0.25) is 0 Å². The highest BCUT2D eigenvalue weighted by atomic mass is 16.5. The average molecular weight is 374 g/mol. The molecule has 2 atom stereocenters. The summed E-state index contributed by atoms with van der Waals surface area (Å²) in [4.78, 5) is 14.8. The van der Waals surface area contributed by atoms with Gasteiger partial charge in [-0.25, -0.2) is 0 Å². The summed E-state index contributed by atoms with van der Waals surface area (Å²) in [5.74, 6) is 1.52. The fraction of sp³-hybridized carbons (Fsp3) is 0.417. The minimum atomic E-state index is 0.111. The molecule has 4 nitrogen and oxygen atoms in total. The van der Waals surface area contributed by atoms with Gasteiger partial charge in [-0.2, -0.15) is 5.26 Å². The maximum Gasteiger partial charge on any atom is 0.260 e. The van der Waals surface area contributed by atoms with Crippen LogP contribution in [0.5, 0.6) is 5.75 Å². The molecular weight excluding hydrogens is 348 g/mol. The van der Waals surface area contributed by atoms with Crippen molar-refractivity contribution in [2.75, 3.05) is 13.2 Å². The van der Waals surface area contributed by atoms with Crippen LogP contribution in [-0.4, -0.2) is 30.0 Å². The van der Waals surface area contributed by atoms with Crippen molar-refractivity contribution in [3.8, 4) is 22.9 Å². The molecule has 2 aliphatic rings. The van der Waals surface area contributed by atoms with Crippen LogP contribution in [0.1, 0.15) is 44.1 Å². The smallest absolute Gasteiger partial charge is 0.260 e. The van der Waals surface area contributed by atoms with E-state index in [1.54, 1.807) is 0 Å². The van der Waals surface area contributed by atoms with Crippen LogP contribution >= 0.6 is 0 Å². The molecule has 1 saturated carbocycles. The van der Waals surface area contributed by atoms with Gasteiger partial charge in [0, 0.05) is 12.6 Å². The summed E-state index contributed by atoms with van der Waals surface area (Å²) < 4.78 is 5.79. The molecule has 2 fully saturated rings. The van der Waals surface area contributed by atoms with E-state index in [2.05, 4.69) is 11.0 Å². The van der Waals surface area contributed by atoms with Gasteiger partial charge in [-0.15, -0.1) is 0 Å². The van der Waals surface area contributed by atoms with Crippen LogP contribution in [0.3, 0.4) is 0 Å². The van der Waals surface area contributed by atoms with Crippen molar-refractivity contribution in [3.05, 3.63) is 54.1 Å². The number of amides is 1. The predicted molar refractivity (Wildman–Crippen MR) is 109 cm³/mol. The van der Waals surface area contributed by atoms with E-state index in [9.17, 15) is 4.79 Å². The number of nitriles is 1. The molecule has 0 radical (unpaired) electrons. The lowest BCUT2D eigenvalue weighted by Crippen LogP contribution is -2.51. The molecule has 2 aromatic carbocycles. The lowest BCUT2D eigenvalue weighted by Gasteiger charge is -2.44. The lowest BCUT2D eigenvalue weighted by atomic mass is 9.78. The number of hydrogen-bond donors (Lipinski definition) is 0. The molecule has 1 amide bonds. The molecule has 0 unspecified atom stereocenters. The van der Waals surface area contributed by atoms with Gasteiger partial charge in [0.1, 0.15) is 5.75 Å². The SMILES string of the molecule is N#Cc1ccc(-c2ccc(OCC(=O)N3CCC[C@H]4CCCC[C@H]43)cc2)cc1. The number of rotatable bonds is 4.